The number of nitrogens with zero attached hydrogens (tertiary/aromatic N) is 2. The average molecular weight is 287 g/mol. The minimum atomic E-state index is -0.0770. The molecule has 1 aromatic heterocycles. The van der Waals surface area contributed by atoms with Gasteiger partial charge in [-0.25, -0.2) is 0 Å². The van der Waals surface area contributed by atoms with E-state index in [1.165, 1.54) is 12.8 Å². The Kier molecular flexibility index (Phi) is 3.85. The van der Waals surface area contributed by atoms with Crippen LogP contribution in [0.5, 0.6) is 5.75 Å². The Labute approximate surface area is 122 Å². The molecule has 0 unspecified atom stereocenters. The van der Waals surface area contributed by atoms with Crippen LogP contribution in [0.2, 0.25) is 0 Å². The van der Waals surface area contributed by atoms with Crippen molar-refractivity contribution in [2.75, 3.05) is 13.7 Å². The second-order valence-electron chi connectivity index (χ2n) is 5.15. The summed E-state index contributed by atoms with van der Waals surface area (Å²) in [6.07, 6.45) is 2.54. The van der Waals surface area contributed by atoms with Crippen molar-refractivity contribution >= 4 is 5.91 Å². The van der Waals surface area contributed by atoms with Gasteiger partial charge in [0.1, 0.15) is 12.2 Å². The van der Waals surface area contributed by atoms with E-state index in [-0.39, 0.29) is 12.3 Å². The number of nitrogens with one attached hydrogen (secondary N) is 1. The summed E-state index contributed by atoms with van der Waals surface area (Å²) in [4.78, 5) is 11.7. The molecule has 2 aromatic rings. The van der Waals surface area contributed by atoms with Crippen LogP contribution in [-0.2, 0) is 11.2 Å². The molecule has 1 N–H and O–H groups in total. The number of hydrogen-bond acceptors (Lipinski definition) is 5. The van der Waals surface area contributed by atoms with Gasteiger partial charge in [-0.15, -0.1) is 10.2 Å². The van der Waals surface area contributed by atoms with Gasteiger partial charge in [0.15, 0.2) is 0 Å². The summed E-state index contributed by atoms with van der Waals surface area (Å²) in [6.45, 7) is 0.748. The highest BCUT2D eigenvalue weighted by Crippen LogP contribution is 2.27. The fraction of sp³-hybridized carbons (Fsp3) is 0.400. The van der Waals surface area contributed by atoms with Gasteiger partial charge in [-0.2, -0.15) is 0 Å². The molecular weight excluding hydrogens is 270 g/mol. The summed E-state index contributed by atoms with van der Waals surface area (Å²) < 4.78 is 10.6. The minimum Gasteiger partial charge on any atom is -0.497 e. The van der Waals surface area contributed by atoms with E-state index in [1.54, 1.807) is 7.11 Å². The summed E-state index contributed by atoms with van der Waals surface area (Å²) in [7, 11) is 1.61. The predicted molar refractivity (Wildman–Crippen MR) is 75.7 cm³/mol. The number of carbonyl (C=O) groups is 1. The van der Waals surface area contributed by atoms with Crippen LogP contribution < -0.4 is 10.1 Å². The van der Waals surface area contributed by atoms with Crippen molar-refractivity contribution in [1.29, 1.82) is 0 Å². The summed E-state index contributed by atoms with van der Waals surface area (Å²) >= 11 is 0. The van der Waals surface area contributed by atoms with Gasteiger partial charge in [-0.3, -0.25) is 4.79 Å². The second kappa shape index (κ2) is 5.95. The van der Waals surface area contributed by atoms with Gasteiger partial charge in [0.2, 0.25) is 17.7 Å². The summed E-state index contributed by atoms with van der Waals surface area (Å²) in [5.41, 5.74) is 0.799. The number of hydrogen-bond donors (Lipinski definition) is 1. The molecule has 0 radical (unpaired) electrons. The lowest BCUT2D eigenvalue weighted by Gasteiger charge is -2.01. The molecule has 1 amide bonds. The number of benzene rings is 1. The first-order valence-corrected chi connectivity index (χ1v) is 6.98. The quantitative estimate of drug-likeness (QED) is 0.876. The fourth-order valence-corrected chi connectivity index (χ4v) is 1.96. The van der Waals surface area contributed by atoms with E-state index < -0.39 is 0 Å². The van der Waals surface area contributed by atoms with Crippen molar-refractivity contribution in [3.05, 3.63) is 30.2 Å². The molecule has 0 atom stereocenters. The third-order valence-electron chi connectivity index (χ3n) is 3.40. The molecule has 6 heteroatoms. The van der Waals surface area contributed by atoms with Crippen LogP contribution in [0, 0.1) is 5.92 Å². The Morgan fingerprint density at radius 3 is 2.76 bits per heavy atom. The first-order chi connectivity index (χ1) is 10.2. The Bertz CT molecular complexity index is 617. The SMILES string of the molecule is COc1ccc(-c2nnc(CC(=O)NCC3CC3)o2)cc1. The third-order valence-corrected chi connectivity index (χ3v) is 3.40. The van der Waals surface area contributed by atoms with Gasteiger partial charge in [0.05, 0.1) is 7.11 Å². The highest BCUT2D eigenvalue weighted by molar-refractivity contribution is 5.77. The van der Waals surface area contributed by atoms with Gasteiger partial charge in [-0.1, -0.05) is 0 Å². The zero-order valence-corrected chi connectivity index (χ0v) is 11.8. The molecule has 1 aromatic carbocycles. The van der Waals surface area contributed by atoms with Crippen LogP contribution in [0.25, 0.3) is 11.5 Å². The molecule has 1 heterocycles. The molecule has 1 aliphatic carbocycles. The number of ether oxygens (including phenoxy) is 1. The lowest BCUT2D eigenvalue weighted by molar-refractivity contribution is -0.120. The highest BCUT2D eigenvalue weighted by atomic mass is 16.5. The molecule has 21 heavy (non-hydrogen) atoms. The maximum Gasteiger partial charge on any atom is 0.247 e. The van der Waals surface area contributed by atoms with Gasteiger partial charge in [0.25, 0.3) is 0 Å². The number of rotatable bonds is 6. The van der Waals surface area contributed by atoms with Gasteiger partial charge in [-0.05, 0) is 43.0 Å². The van der Waals surface area contributed by atoms with E-state index in [0.29, 0.717) is 17.7 Å². The lowest BCUT2D eigenvalue weighted by atomic mass is 10.2. The molecule has 110 valence electrons. The minimum absolute atomic E-state index is 0.0770. The van der Waals surface area contributed by atoms with Crippen LogP contribution in [0.4, 0.5) is 0 Å². The van der Waals surface area contributed by atoms with Crippen molar-refractivity contribution in [2.45, 2.75) is 19.3 Å². The first kappa shape index (κ1) is 13.6. The standard InChI is InChI=1S/C15H17N3O3/c1-20-12-6-4-11(5-7-12)15-18-17-14(21-15)8-13(19)16-9-10-2-3-10/h4-7,10H,2-3,8-9H2,1H3,(H,16,19). The van der Waals surface area contributed by atoms with Gasteiger partial charge < -0.3 is 14.5 Å². The van der Waals surface area contributed by atoms with Crippen LogP contribution in [0.3, 0.4) is 0 Å². The zero-order chi connectivity index (χ0) is 14.7. The van der Waals surface area contributed by atoms with Crippen LogP contribution in [0.1, 0.15) is 18.7 Å². The van der Waals surface area contributed by atoms with E-state index in [0.717, 1.165) is 17.9 Å². The van der Waals surface area contributed by atoms with Gasteiger partial charge >= 0.3 is 0 Å². The van der Waals surface area contributed by atoms with E-state index in [4.69, 9.17) is 9.15 Å². The molecule has 0 saturated heterocycles. The van der Waals surface area contributed by atoms with E-state index in [2.05, 4.69) is 15.5 Å². The van der Waals surface area contributed by atoms with Gasteiger partial charge in [0, 0.05) is 12.1 Å². The Hall–Kier alpha value is -2.37. The predicted octanol–water partition coefficient (Wildman–Crippen LogP) is 1.81. The summed E-state index contributed by atoms with van der Waals surface area (Å²) in [5, 5.41) is 10.7. The normalized spacial score (nSPS) is 14.0. The Morgan fingerprint density at radius 2 is 2.10 bits per heavy atom. The smallest absolute Gasteiger partial charge is 0.247 e. The zero-order valence-electron chi connectivity index (χ0n) is 11.8. The third kappa shape index (κ3) is 3.59. The molecule has 1 fully saturated rings. The van der Waals surface area contributed by atoms with Crippen molar-refractivity contribution in [1.82, 2.24) is 15.5 Å². The summed E-state index contributed by atoms with van der Waals surface area (Å²) in [6, 6.07) is 7.32. The van der Waals surface area contributed by atoms with Crippen molar-refractivity contribution in [3.8, 4) is 17.2 Å². The average Bonchev–Trinajstić information content (AvgIpc) is 3.23. The number of aromatic nitrogens is 2. The van der Waals surface area contributed by atoms with Crippen LogP contribution in [0.15, 0.2) is 28.7 Å². The Morgan fingerprint density at radius 1 is 1.33 bits per heavy atom. The fourth-order valence-electron chi connectivity index (χ4n) is 1.96. The largest absolute Gasteiger partial charge is 0.497 e. The van der Waals surface area contributed by atoms with E-state index >= 15 is 0 Å². The first-order valence-electron chi connectivity index (χ1n) is 6.98. The molecule has 6 nitrogen and oxygen atoms in total. The molecule has 1 saturated carbocycles. The van der Waals surface area contributed by atoms with Crippen molar-refractivity contribution in [3.63, 3.8) is 0 Å². The number of amides is 1. The number of methoxy groups -OCH3 is 1. The topological polar surface area (TPSA) is 77.2 Å². The summed E-state index contributed by atoms with van der Waals surface area (Å²) in [5.74, 6) is 2.08. The monoisotopic (exact) mass is 287 g/mol. The second-order valence-corrected chi connectivity index (χ2v) is 5.15. The van der Waals surface area contributed by atoms with Crippen LogP contribution >= 0.6 is 0 Å². The molecular formula is C15H17N3O3. The molecule has 0 spiro atoms. The molecule has 3 rings (SSSR count). The molecule has 0 bridgehead atoms. The molecule has 1 aliphatic rings. The van der Waals surface area contributed by atoms with E-state index in [1.807, 2.05) is 24.3 Å². The van der Waals surface area contributed by atoms with E-state index in [9.17, 15) is 4.79 Å². The van der Waals surface area contributed by atoms with Crippen molar-refractivity contribution < 1.29 is 13.9 Å². The number of carbonyl (C=O) groups excluding carboxylic acids is 1. The highest BCUT2D eigenvalue weighted by Gasteiger charge is 2.22. The Balaban J connectivity index is 1.60. The lowest BCUT2D eigenvalue weighted by Crippen LogP contribution is -2.27. The van der Waals surface area contributed by atoms with Crippen molar-refractivity contribution in [2.24, 2.45) is 5.92 Å². The van der Waals surface area contributed by atoms with Crippen LogP contribution in [-0.4, -0.2) is 29.8 Å². The maximum absolute atomic E-state index is 11.7. The molecule has 0 aliphatic heterocycles. The maximum atomic E-state index is 11.7.